The van der Waals surface area contributed by atoms with E-state index in [1.54, 1.807) is 6.07 Å². The number of hydrogen-bond acceptors (Lipinski definition) is 5. The summed E-state index contributed by atoms with van der Waals surface area (Å²) in [7, 11) is 0. The number of aliphatic hydroxyl groups is 1. The highest BCUT2D eigenvalue weighted by Gasteiger charge is 2.29. The van der Waals surface area contributed by atoms with Crippen molar-refractivity contribution >= 4 is 11.5 Å². The van der Waals surface area contributed by atoms with Gasteiger partial charge in [0.2, 0.25) is 5.88 Å². The third-order valence-corrected chi connectivity index (χ3v) is 3.68. The van der Waals surface area contributed by atoms with Gasteiger partial charge in [0.25, 0.3) is 0 Å². The molecule has 2 rings (SSSR count). The Balaban J connectivity index is 2.02. The van der Waals surface area contributed by atoms with Crippen LogP contribution in [0.2, 0.25) is 0 Å². The standard InChI is InChI=1S/C16H27N3O2/c1-15(2,3)21-14-12(17)7-8-13(19-14)18-11-16(20)9-5-4-6-10-16/h7-8,20H,4-6,9-11,17H2,1-3H3,(H,18,19). The smallest absolute Gasteiger partial charge is 0.239 e. The lowest BCUT2D eigenvalue weighted by Crippen LogP contribution is -2.39. The largest absolute Gasteiger partial charge is 0.470 e. The highest BCUT2D eigenvalue weighted by Crippen LogP contribution is 2.29. The third-order valence-electron chi connectivity index (χ3n) is 3.68. The molecule has 0 radical (unpaired) electrons. The number of hydrogen-bond donors (Lipinski definition) is 3. The van der Waals surface area contributed by atoms with Crippen LogP contribution in [0.15, 0.2) is 12.1 Å². The maximum atomic E-state index is 10.5. The molecule has 0 saturated heterocycles. The van der Waals surface area contributed by atoms with Crippen molar-refractivity contribution in [1.29, 1.82) is 0 Å². The van der Waals surface area contributed by atoms with E-state index in [0.29, 0.717) is 23.9 Å². The molecule has 0 bridgehead atoms. The molecule has 1 saturated carbocycles. The van der Waals surface area contributed by atoms with Crippen molar-refractivity contribution < 1.29 is 9.84 Å². The summed E-state index contributed by atoms with van der Waals surface area (Å²) < 4.78 is 5.75. The van der Waals surface area contributed by atoms with E-state index in [1.807, 2.05) is 26.8 Å². The Morgan fingerprint density at radius 3 is 2.57 bits per heavy atom. The number of nitrogens with zero attached hydrogens (tertiary/aromatic N) is 1. The van der Waals surface area contributed by atoms with Crippen LogP contribution in [0.25, 0.3) is 0 Å². The molecule has 0 unspecified atom stereocenters. The van der Waals surface area contributed by atoms with E-state index in [9.17, 15) is 5.11 Å². The first kappa shape index (κ1) is 15.9. The molecule has 5 heteroatoms. The topological polar surface area (TPSA) is 80.4 Å². The predicted octanol–water partition coefficient (Wildman–Crippen LogP) is 2.95. The minimum atomic E-state index is -0.619. The molecule has 1 fully saturated rings. The molecule has 5 nitrogen and oxygen atoms in total. The lowest BCUT2D eigenvalue weighted by atomic mass is 9.85. The maximum absolute atomic E-state index is 10.5. The third kappa shape index (κ3) is 4.77. The van der Waals surface area contributed by atoms with E-state index < -0.39 is 5.60 Å². The van der Waals surface area contributed by atoms with Crippen LogP contribution in [-0.2, 0) is 0 Å². The van der Waals surface area contributed by atoms with Crippen LogP contribution in [-0.4, -0.2) is 27.8 Å². The SMILES string of the molecule is CC(C)(C)Oc1nc(NCC2(O)CCCCC2)ccc1N. The Hall–Kier alpha value is -1.49. The van der Waals surface area contributed by atoms with Crippen LogP contribution in [0.3, 0.4) is 0 Å². The summed E-state index contributed by atoms with van der Waals surface area (Å²) in [5.74, 6) is 1.12. The Morgan fingerprint density at radius 2 is 1.95 bits per heavy atom. The Labute approximate surface area is 126 Å². The summed E-state index contributed by atoms with van der Waals surface area (Å²) in [5.41, 5.74) is 5.45. The van der Waals surface area contributed by atoms with Crippen molar-refractivity contribution in [3.8, 4) is 5.88 Å². The van der Waals surface area contributed by atoms with Gasteiger partial charge in [-0.1, -0.05) is 19.3 Å². The molecule has 21 heavy (non-hydrogen) atoms. The van der Waals surface area contributed by atoms with E-state index >= 15 is 0 Å². The number of nitrogen functional groups attached to an aromatic ring is 1. The molecule has 0 spiro atoms. The molecule has 0 aliphatic heterocycles. The van der Waals surface area contributed by atoms with Gasteiger partial charge in [-0.25, -0.2) is 0 Å². The van der Waals surface area contributed by atoms with Crippen molar-refractivity contribution in [2.75, 3.05) is 17.6 Å². The molecule has 118 valence electrons. The molecule has 0 amide bonds. The highest BCUT2D eigenvalue weighted by atomic mass is 16.5. The molecular formula is C16H27N3O2. The van der Waals surface area contributed by atoms with E-state index in [2.05, 4.69) is 10.3 Å². The summed E-state index contributed by atoms with van der Waals surface area (Å²) in [6, 6.07) is 3.60. The normalized spacial score (nSPS) is 18.3. The van der Waals surface area contributed by atoms with Crippen LogP contribution < -0.4 is 15.8 Å². The van der Waals surface area contributed by atoms with Gasteiger partial charge in [-0.2, -0.15) is 4.98 Å². The van der Waals surface area contributed by atoms with Crippen molar-refractivity contribution in [2.24, 2.45) is 0 Å². The van der Waals surface area contributed by atoms with Crippen LogP contribution in [0.1, 0.15) is 52.9 Å². The fourth-order valence-electron chi connectivity index (χ4n) is 2.56. The minimum absolute atomic E-state index is 0.346. The first-order valence-electron chi connectivity index (χ1n) is 7.69. The van der Waals surface area contributed by atoms with Crippen molar-refractivity contribution in [3.63, 3.8) is 0 Å². The molecule has 1 aliphatic rings. The zero-order valence-corrected chi connectivity index (χ0v) is 13.3. The summed E-state index contributed by atoms with van der Waals surface area (Å²) >= 11 is 0. The van der Waals surface area contributed by atoms with Gasteiger partial charge in [-0.15, -0.1) is 0 Å². The molecular weight excluding hydrogens is 266 g/mol. The van der Waals surface area contributed by atoms with Crippen LogP contribution in [0, 0.1) is 0 Å². The van der Waals surface area contributed by atoms with Gasteiger partial charge >= 0.3 is 0 Å². The summed E-state index contributed by atoms with van der Waals surface area (Å²) in [5, 5.41) is 13.7. The second-order valence-electron chi connectivity index (χ2n) is 6.94. The van der Waals surface area contributed by atoms with Gasteiger partial charge < -0.3 is 20.9 Å². The molecule has 0 aromatic carbocycles. The van der Waals surface area contributed by atoms with E-state index in [4.69, 9.17) is 10.5 Å². The maximum Gasteiger partial charge on any atom is 0.239 e. The van der Waals surface area contributed by atoms with Gasteiger partial charge in [0.1, 0.15) is 11.4 Å². The number of ether oxygens (including phenoxy) is 1. The average molecular weight is 293 g/mol. The van der Waals surface area contributed by atoms with E-state index in [0.717, 1.165) is 25.7 Å². The Morgan fingerprint density at radius 1 is 1.29 bits per heavy atom. The first-order chi connectivity index (χ1) is 9.77. The highest BCUT2D eigenvalue weighted by molar-refractivity contribution is 5.53. The zero-order chi connectivity index (χ0) is 15.5. The second-order valence-corrected chi connectivity index (χ2v) is 6.94. The molecule has 1 aliphatic carbocycles. The van der Waals surface area contributed by atoms with Gasteiger partial charge in [-0.05, 0) is 45.7 Å². The zero-order valence-electron chi connectivity index (χ0n) is 13.3. The van der Waals surface area contributed by atoms with Gasteiger partial charge in [0, 0.05) is 6.54 Å². The number of nitrogens with one attached hydrogen (secondary N) is 1. The van der Waals surface area contributed by atoms with Crippen molar-refractivity contribution in [1.82, 2.24) is 4.98 Å². The minimum Gasteiger partial charge on any atom is -0.470 e. The second kappa shape index (κ2) is 6.10. The van der Waals surface area contributed by atoms with Crippen LogP contribution in [0.4, 0.5) is 11.5 Å². The molecule has 1 heterocycles. The van der Waals surface area contributed by atoms with Gasteiger partial charge in [-0.3, -0.25) is 0 Å². The number of anilines is 2. The van der Waals surface area contributed by atoms with E-state index in [-0.39, 0.29) is 5.60 Å². The van der Waals surface area contributed by atoms with Crippen molar-refractivity contribution in [3.05, 3.63) is 12.1 Å². The van der Waals surface area contributed by atoms with Crippen LogP contribution in [0.5, 0.6) is 5.88 Å². The number of pyridine rings is 1. The summed E-state index contributed by atoms with van der Waals surface area (Å²) in [4.78, 5) is 4.40. The lowest BCUT2D eigenvalue weighted by Gasteiger charge is -2.32. The molecule has 4 N–H and O–H groups in total. The fraction of sp³-hybridized carbons (Fsp3) is 0.688. The van der Waals surface area contributed by atoms with Gasteiger partial charge in [0.05, 0.1) is 11.3 Å². The molecule has 1 aromatic rings. The molecule has 1 aromatic heterocycles. The summed E-state index contributed by atoms with van der Waals surface area (Å²) in [6.07, 6.45) is 5.09. The number of rotatable bonds is 4. The monoisotopic (exact) mass is 293 g/mol. The Bertz CT molecular complexity index is 477. The van der Waals surface area contributed by atoms with Crippen LogP contribution >= 0.6 is 0 Å². The van der Waals surface area contributed by atoms with Gasteiger partial charge in [0.15, 0.2) is 0 Å². The first-order valence-corrected chi connectivity index (χ1v) is 7.69. The van der Waals surface area contributed by atoms with Crippen molar-refractivity contribution in [2.45, 2.75) is 64.1 Å². The lowest BCUT2D eigenvalue weighted by molar-refractivity contribution is 0.0166. The average Bonchev–Trinajstić information content (AvgIpc) is 2.39. The molecule has 0 atom stereocenters. The van der Waals surface area contributed by atoms with E-state index in [1.165, 1.54) is 6.42 Å². The number of nitrogens with two attached hydrogens (primary N) is 1. The number of aromatic nitrogens is 1. The Kier molecular flexibility index (Phi) is 4.61. The quantitative estimate of drug-likeness (QED) is 0.795. The fourth-order valence-corrected chi connectivity index (χ4v) is 2.56. The summed E-state index contributed by atoms with van der Waals surface area (Å²) in [6.45, 7) is 6.38. The predicted molar refractivity (Wildman–Crippen MR) is 85.6 cm³/mol.